The third-order valence-corrected chi connectivity index (χ3v) is 4.29. The van der Waals surface area contributed by atoms with Gasteiger partial charge in [0.2, 0.25) is 0 Å². The van der Waals surface area contributed by atoms with Crippen molar-refractivity contribution in [1.29, 1.82) is 0 Å². The first kappa shape index (κ1) is 14.0. The molecule has 0 amide bonds. The summed E-state index contributed by atoms with van der Waals surface area (Å²) in [7, 11) is 0. The molecule has 96 valence electrons. The van der Waals surface area contributed by atoms with Crippen LogP contribution in [0.15, 0.2) is 0 Å². The second-order valence-corrected chi connectivity index (χ2v) is 5.55. The molecule has 1 aliphatic rings. The van der Waals surface area contributed by atoms with E-state index < -0.39 is 0 Å². The van der Waals surface area contributed by atoms with E-state index in [4.69, 9.17) is 0 Å². The Morgan fingerprint density at radius 1 is 1.25 bits per heavy atom. The summed E-state index contributed by atoms with van der Waals surface area (Å²) in [5.41, 5.74) is 0.629. The minimum atomic E-state index is 0.629. The van der Waals surface area contributed by atoms with Crippen molar-refractivity contribution in [2.45, 2.75) is 59.4 Å². The summed E-state index contributed by atoms with van der Waals surface area (Å²) in [6.45, 7) is 14.3. The Hall–Kier alpha value is -0.0800. The average molecular weight is 226 g/mol. The SMILES string of the molecule is CCCNC(C)CN1CCC(CC)(CC)C1. The highest BCUT2D eigenvalue weighted by Gasteiger charge is 2.34. The van der Waals surface area contributed by atoms with Crippen LogP contribution in [0.1, 0.15) is 53.4 Å². The normalized spacial score (nSPS) is 22.5. The lowest BCUT2D eigenvalue weighted by Gasteiger charge is -2.27. The molecule has 0 aliphatic carbocycles. The van der Waals surface area contributed by atoms with Crippen molar-refractivity contribution in [3.05, 3.63) is 0 Å². The van der Waals surface area contributed by atoms with Gasteiger partial charge in [-0.25, -0.2) is 0 Å². The fourth-order valence-corrected chi connectivity index (χ4v) is 2.85. The summed E-state index contributed by atoms with van der Waals surface area (Å²) in [5, 5.41) is 3.58. The van der Waals surface area contributed by atoms with E-state index in [1.165, 1.54) is 45.3 Å². The molecular weight excluding hydrogens is 196 g/mol. The minimum absolute atomic E-state index is 0.629. The summed E-state index contributed by atoms with van der Waals surface area (Å²) >= 11 is 0. The first-order valence-corrected chi connectivity index (χ1v) is 7.11. The Labute approximate surface area is 102 Å². The van der Waals surface area contributed by atoms with Crippen LogP contribution in [0.3, 0.4) is 0 Å². The Morgan fingerprint density at radius 3 is 2.44 bits per heavy atom. The summed E-state index contributed by atoms with van der Waals surface area (Å²) < 4.78 is 0. The molecule has 1 fully saturated rings. The van der Waals surface area contributed by atoms with Gasteiger partial charge in [0.1, 0.15) is 0 Å². The average Bonchev–Trinajstić information content (AvgIpc) is 2.70. The smallest absolute Gasteiger partial charge is 0.0166 e. The first-order valence-electron chi connectivity index (χ1n) is 7.11. The van der Waals surface area contributed by atoms with Crippen LogP contribution in [0.4, 0.5) is 0 Å². The number of nitrogens with one attached hydrogen (secondary N) is 1. The highest BCUT2D eigenvalue weighted by Crippen LogP contribution is 2.36. The molecule has 0 aromatic carbocycles. The monoisotopic (exact) mass is 226 g/mol. The second-order valence-electron chi connectivity index (χ2n) is 5.55. The van der Waals surface area contributed by atoms with Gasteiger partial charge in [-0.2, -0.15) is 0 Å². The van der Waals surface area contributed by atoms with E-state index in [1.807, 2.05) is 0 Å². The van der Waals surface area contributed by atoms with E-state index in [-0.39, 0.29) is 0 Å². The van der Waals surface area contributed by atoms with Gasteiger partial charge in [0, 0.05) is 19.1 Å². The van der Waals surface area contributed by atoms with Gasteiger partial charge in [-0.05, 0) is 51.1 Å². The highest BCUT2D eigenvalue weighted by molar-refractivity contribution is 4.88. The van der Waals surface area contributed by atoms with E-state index in [0.717, 1.165) is 6.54 Å². The molecule has 1 saturated heterocycles. The zero-order valence-corrected chi connectivity index (χ0v) is 11.7. The molecule has 1 unspecified atom stereocenters. The lowest BCUT2D eigenvalue weighted by atomic mass is 9.82. The van der Waals surface area contributed by atoms with Crippen LogP contribution in [-0.2, 0) is 0 Å². The molecule has 16 heavy (non-hydrogen) atoms. The Bertz CT molecular complexity index is 187. The van der Waals surface area contributed by atoms with Gasteiger partial charge in [0.15, 0.2) is 0 Å². The second kappa shape index (κ2) is 6.61. The number of hydrogen-bond acceptors (Lipinski definition) is 2. The van der Waals surface area contributed by atoms with Crippen molar-refractivity contribution in [3.63, 3.8) is 0 Å². The van der Waals surface area contributed by atoms with Crippen LogP contribution < -0.4 is 5.32 Å². The Kier molecular flexibility index (Phi) is 5.77. The lowest BCUT2D eigenvalue weighted by molar-refractivity contribution is 0.228. The molecule has 2 heteroatoms. The largest absolute Gasteiger partial charge is 0.313 e. The number of rotatable bonds is 7. The summed E-state index contributed by atoms with van der Waals surface area (Å²) in [4.78, 5) is 2.65. The van der Waals surface area contributed by atoms with E-state index in [0.29, 0.717) is 11.5 Å². The summed E-state index contributed by atoms with van der Waals surface area (Å²) in [6.07, 6.45) is 5.33. The van der Waals surface area contributed by atoms with Gasteiger partial charge in [0.25, 0.3) is 0 Å². The van der Waals surface area contributed by atoms with Gasteiger partial charge in [-0.1, -0.05) is 20.8 Å². The van der Waals surface area contributed by atoms with Crippen LogP contribution in [-0.4, -0.2) is 37.1 Å². The predicted octanol–water partition coefficient (Wildman–Crippen LogP) is 2.89. The zero-order valence-electron chi connectivity index (χ0n) is 11.7. The standard InChI is InChI=1S/C14H30N2/c1-5-9-15-13(4)11-16-10-8-14(6-2,7-3)12-16/h13,15H,5-12H2,1-4H3. The number of hydrogen-bond donors (Lipinski definition) is 1. The summed E-state index contributed by atoms with van der Waals surface area (Å²) in [5.74, 6) is 0. The van der Waals surface area contributed by atoms with E-state index in [9.17, 15) is 0 Å². The zero-order chi connectivity index (χ0) is 12.0. The highest BCUT2D eigenvalue weighted by atomic mass is 15.2. The molecule has 1 heterocycles. The van der Waals surface area contributed by atoms with Gasteiger partial charge < -0.3 is 10.2 Å². The predicted molar refractivity (Wildman–Crippen MR) is 71.8 cm³/mol. The van der Waals surface area contributed by atoms with Gasteiger partial charge in [0.05, 0.1) is 0 Å². The van der Waals surface area contributed by atoms with E-state index in [2.05, 4.69) is 37.9 Å². The Balaban J connectivity index is 2.30. The molecule has 0 spiro atoms. The van der Waals surface area contributed by atoms with Crippen molar-refractivity contribution < 1.29 is 0 Å². The molecular formula is C14H30N2. The fourth-order valence-electron chi connectivity index (χ4n) is 2.85. The fraction of sp³-hybridized carbons (Fsp3) is 1.00. The van der Waals surface area contributed by atoms with Crippen molar-refractivity contribution in [2.75, 3.05) is 26.2 Å². The van der Waals surface area contributed by atoms with Crippen molar-refractivity contribution in [2.24, 2.45) is 5.41 Å². The maximum Gasteiger partial charge on any atom is 0.0166 e. The molecule has 0 bridgehead atoms. The number of likely N-dealkylation sites (tertiary alicyclic amines) is 1. The van der Waals surface area contributed by atoms with E-state index in [1.54, 1.807) is 0 Å². The topological polar surface area (TPSA) is 15.3 Å². The molecule has 0 aromatic rings. The molecule has 1 atom stereocenters. The summed E-state index contributed by atoms with van der Waals surface area (Å²) in [6, 6.07) is 0.643. The number of nitrogens with zero attached hydrogens (tertiary/aromatic N) is 1. The van der Waals surface area contributed by atoms with Gasteiger partial charge in [-0.3, -0.25) is 0 Å². The Morgan fingerprint density at radius 2 is 1.94 bits per heavy atom. The quantitative estimate of drug-likeness (QED) is 0.718. The molecule has 0 aromatic heterocycles. The van der Waals surface area contributed by atoms with Crippen molar-refractivity contribution in [3.8, 4) is 0 Å². The van der Waals surface area contributed by atoms with Gasteiger partial charge >= 0.3 is 0 Å². The van der Waals surface area contributed by atoms with Crippen LogP contribution in [0, 0.1) is 5.41 Å². The third-order valence-electron chi connectivity index (χ3n) is 4.29. The van der Waals surface area contributed by atoms with Crippen LogP contribution >= 0.6 is 0 Å². The lowest BCUT2D eigenvalue weighted by Crippen LogP contribution is -2.39. The van der Waals surface area contributed by atoms with Crippen LogP contribution in [0.25, 0.3) is 0 Å². The van der Waals surface area contributed by atoms with Crippen molar-refractivity contribution in [1.82, 2.24) is 10.2 Å². The molecule has 1 rings (SSSR count). The molecule has 1 N–H and O–H groups in total. The van der Waals surface area contributed by atoms with Crippen molar-refractivity contribution >= 4 is 0 Å². The molecule has 2 nitrogen and oxygen atoms in total. The maximum atomic E-state index is 3.58. The van der Waals surface area contributed by atoms with Crippen LogP contribution in [0.2, 0.25) is 0 Å². The maximum absolute atomic E-state index is 3.58. The third kappa shape index (κ3) is 3.74. The molecule has 0 saturated carbocycles. The molecule has 0 radical (unpaired) electrons. The van der Waals surface area contributed by atoms with Crippen LogP contribution in [0.5, 0.6) is 0 Å². The minimum Gasteiger partial charge on any atom is -0.313 e. The first-order chi connectivity index (χ1) is 7.65. The van der Waals surface area contributed by atoms with Gasteiger partial charge in [-0.15, -0.1) is 0 Å². The van der Waals surface area contributed by atoms with E-state index >= 15 is 0 Å². The molecule has 1 aliphatic heterocycles.